The van der Waals surface area contributed by atoms with Crippen LogP contribution in [0.3, 0.4) is 0 Å². The predicted octanol–water partition coefficient (Wildman–Crippen LogP) is 2.34. The van der Waals surface area contributed by atoms with Crippen LogP contribution in [0, 0.1) is 11.8 Å². The van der Waals surface area contributed by atoms with Crippen molar-refractivity contribution in [1.29, 1.82) is 0 Å². The number of ketones is 1. The quantitative estimate of drug-likeness (QED) is 0.515. The molecule has 2 saturated heterocycles. The largest absolute Gasteiger partial charge is 0.378 e. The van der Waals surface area contributed by atoms with Crippen molar-refractivity contribution in [2.24, 2.45) is 11.8 Å². The molecule has 0 spiro atoms. The van der Waals surface area contributed by atoms with Crippen molar-refractivity contribution in [2.75, 3.05) is 39.2 Å². The van der Waals surface area contributed by atoms with E-state index in [1.807, 2.05) is 58.8 Å². The summed E-state index contributed by atoms with van der Waals surface area (Å²) in [6.45, 7) is 8.29. The Morgan fingerprint density at radius 2 is 1.73 bits per heavy atom. The highest BCUT2D eigenvalue weighted by molar-refractivity contribution is 6.01. The van der Waals surface area contributed by atoms with Gasteiger partial charge in [0, 0.05) is 39.0 Å². The Hall–Kier alpha value is -2.94. The maximum Gasteiger partial charge on any atom is 0.252 e. The average Bonchev–Trinajstić information content (AvgIpc) is 3.44. The van der Waals surface area contributed by atoms with E-state index in [1.54, 1.807) is 21.9 Å². The monoisotopic (exact) mass is 514 g/mol. The molecule has 9 heteroatoms. The first-order valence-corrected chi connectivity index (χ1v) is 13.2. The second-order valence-electron chi connectivity index (χ2n) is 10.9. The Kier molecular flexibility index (Phi) is 9.34. The van der Waals surface area contributed by atoms with Gasteiger partial charge in [0.15, 0.2) is 5.78 Å². The molecule has 5 unspecified atom stereocenters. The number of methoxy groups -OCH3 is 1. The van der Waals surface area contributed by atoms with Crippen LogP contribution in [0.2, 0.25) is 0 Å². The van der Waals surface area contributed by atoms with E-state index >= 15 is 0 Å². The van der Waals surface area contributed by atoms with Crippen LogP contribution in [-0.2, 0) is 19.1 Å². The summed E-state index contributed by atoms with van der Waals surface area (Å²) < 4.78 is 5.49. The Labute approximate surface area is 220 Å². The Balaban J connectivity index is 1.76. The fraction of sp³-hybridized carbons (Fsp3) is 0.643. The van der Waals surface area contributed by atoms with Gasteiger partial charge in [-0.3, -0.25) is 19.2 Å². The molecular weight excluding hydrogens is 472 g/mol. The summed E-state index contributed by atoms with van der Waals surface area (Å²) >= 11 is 0. The maximum atomic E-state index is 13.7. The lowest BCUT2D eigenvalue weighted by Gasteiger charge is -2.30. The van der Waals surface area contributed by atoms with Gasteiger partial charge in [0.25, 0.3) is 11.8 Å². The van der Waals surface area contributed by atoms with E-state index < -0.39 is 18.2 Å². The van der Waals surface area contributed by atoms with Gasteiger partial charge in [-0.2, -0.15) is 0 Å². The number of nitrogens with zero attached hydrogens (tertiary/aromatic N) is 3. The lowest BCUT2D eigenvalue weighted by atomic mass is 10.00. The Bertz CT molecular complexity index is 993. The molecule has 1 aromatic carbocycles. The molecule has 1 aromatic rings. The van der Waals surface area contributed by atoms with Crippen molar-refractivity contribution in [3.63, 3.8) is 0 Å². The Morgan fingerprint density at radius 3 is 2.27 bits per heavy atom. The number of amides is 3. The van der Waals surface area contributed by atoms with Gasteiger partial charge in [-0.1, -0.05) is 34.1 Å². The van der Waals surface area contributed by atoms with Crippen molar-refractivity contribution in [3.05, 3.63) is 29.8 Å². The second kappa shape index (κ2) is 12.1. The minimum atomic E-state index is -0.760. The molecule has 37 heavy (non-hydrogen) atoms. The number of nitrogens with one attached hydrogen (secondary N) is 1. The minimum absolute atomic E-state index is 0.0169. The third-order valence-electron chi connectivity index (χ3n) is 7.60. The average molecular weight is 515 g/mol. The fourth-order valence-electron chi connectivity index (χ4n) is 5.36. The van der Waals surface area contributed by atoms with Crippen molar-refractivity contribution in [1.82, 2.24) is 15.1 Å². The van der Waals surface area contributed by atoms with E-state index in [1.165, 1.54) is 7.11 Å². The first-order valence-electron chi connectivity index (χ1n) is 13.2. The lowest BCUT2D eigenvalue weighted by Crippen LogP contribution is -2.53. The molecule has 3 rings (SSSR count). The third-order valence-corrected chi connectivity index (χ3v) is 7.60. The molecule has 2 aliphatic rings. The van der Waals surface area contributed by atoms with Gasteiger partial charge >= 0.3 is 0 Å². The van der Waals surface area contributed by atoms with E-state index in [-0.39, 0.29) is 47.9 Å². The number of Topliss-reactive ketones (excluding diaryl/α,β-unsaturated/α-hetero) is 1. The number of hydrogen-bond acceptors (Lipinski definition) is 6. The van der Waals surface area contributed by atoms with Gasteiger partial charge in [-0.15, -0.1) is 0 Å². The number of benzene rings is 1. The SMILES string of the molecule is CCC(C)C(OC)C(=O)N1CC(=O)C2C1CCN2C(=O)C(CC(C)C)NC(=O)c1ccc(N(C)C)cc1. The molecule has 9 nitrogen and oxygen atoms in total. The van der Waals surface area contributed by atoms with Crippen LogP contribution in [-0.4, -0.2) is 91.8 Å². The molecule has 0 aliphatic carbocycles. The zero-order valence-corrected chi connectivity index (χ0v) is 23.2. The van der Waals surface area contributed by atoms with Gasteiger partial charge in [-0.25, -0.2) is 0 Å². The van der Waals surface area contributed by atoms with Crippen LogP contribution in [0.5, 0.6) is 0 Å². The van der Waals surface area contributed by atoms with Crippen LogP contribution >= 0.6 is 0 Å². The third kappa shape index (κ3) is 6.14. The van der Waals surface area contributed by atoms with Crippen LogP contribution in [0.25, 0.3) is 0 Å². The number of hydrogen-bond donors (Lipinski definition) is 1. The number of carbonyl (C=O) groups is 4. The summed E-state index contributed by atoms with van der Waals surface area (Å²) in [4.78, 5) is 58.3. The van der Waals surface area contributed by atoms with Gasteiger partial charge in [0.2, 0.25) is 5.91 Å². The summed E-state index contributed by atoms with van der Waals surface area (Å²) in [6, 6.07) is 5.38. The lowest BCUT2D eigenvalue weighted by molar-refractivity contribution is -0.146. The summed E-state index contributed by atoms with van der Waals surface area (Å²) in [5, 5.41) is 2.91. The smallest absolute Gasteiger partial charge is 0.252 e. The van der Waals surface area contributed by atoms with E-state index in [0.717, 1.165) is 12.1 Å². The molecule has 2 heterocycles. The molecule has 2 aliphatic heterocycles. The highest BCUT2D eigenvalue weighted by Gasteiger charge is 2.53. The van der Waals surface area contributed by atoms with Crippen LogP contribution < -0.4 is 10.2 Å². The molecular formula is C28H42N4O5. The van der Waals surface area contributed by atoms with E-state index in [4.69, 9.17) is 4.74 Å². The summed E-state index contributed by atoms with van der Waals surface area (Å²) in [7, 11) is 5.37. The summed E-state index contributed by atoms with van der Waals surface area (Å²) in [5.41, 5.74) is 1.44. The van der Waals surface area contributed by atoms with Crippen LogP contribution in [0.4, 0.5) is 5.69 Å². The molecule has 0 radical (unpaired) electrons. The summed E-state index contributed by atoms with van der Waals surface area (Å²) in [5.74, 6) is -0.766. The first-order chi connectivity index (χ1) is 17.5. The van der Waals surface area contributed by atoms with E-state index in [2.05, 4.69) is 5.32 Å². The number of likely N-dealkylation sites (tertiary alicyclic amines) is 2. The fourth-order valence-corrected chi connectivity index (χ4v) is 5.36. The second-order valence-corrected chi connectivity index (χ2v) is 10.9. The number of anilines is 1. The normalized spacial score (nSPS) is 21.6. The van der Waals surface area contributed by atoms with Crippen molar-refractivity contribution in [2.45, 2.75) is 71.2 Å². The standard InChI is InChI=1S/C28H42N4O5/c1-8-18(4)25(37-7)28(36)32-16-23(33)24-22(32)13-14-31(24)27(35)21(15-17(2)3)29-26(34)19-9-11-20(12-10-19)30(5)6/h9-12,17-18,21-22,24-25H,8,13-16H2,1-7H3,(H,29,34). The molecule has 2 fully saturated rings. The maximum absolute atomic E-state index is 13.7. The van der Waals surface area contributed by atoms with Gasteiger partial charge < -0.3 is 24.8 Å². The molecule has 204 valence electrons. The van der Waals surface area contributed by atoms with Gasteiger partial charge in [0.1, 0.15) is 18.2 Å². The molecule has 3 amide bonds. The highest BCUT2D eigenvalue weighted by Crippen LogP contribution is 2.32. The predicted molar refractivity (Wildman–Crippen MR) is 142 cm³/mol. The van der Waals surface area contributed by atoms with Gasteiger partial charge in [-0.05, 0) is 48.9 Å². The van der Waals surface area contributed by atoms with Crippen LogP contribution in [0.15, 0.2) is 24.3 Å². The minimum Gasteiger partial charge on any atom is -0.378 e. The zero-order chi connectivity index (χ0) is 27.4. The summed E-state index contributed by atoms with van der Waals surface area (Å²) in [6.07, 6.45) is 1.14. The molecule has 5 atom stereocenters. The molecule has 1 N–H and O–H groups in total. The zero-order valence-electron chi connectivity index (χ0n) is 23.2. The number of fused-ring (bicyclic) bond motifs is 1. The first kappa shape index (κ1) is 28.6. The number of carbonyl (C=O) groups excluding carboxylic acids is 4. The van der Waals surface area contributed by atoms with E-state index in [9.17, 15) is 19.2 Å². The van der Waals surface area contributed by atoms with E-state index in [0.29, 0.717) is 24.9 Å². The number of rotatable bonds is 10. The molecule has 0 bridgehead atoms. The number of ether oxygens (including phenoxy) is 1. The molecule has 0 aromatic heterocycles. The van der Waals surface area contributed by atoms with Crippen LogP contribution in [0.1, 0.15) is 57.3 Å². The molecule has 0 saturated carbocycles. The van der Waals surface area contributed by atoms with Crippen molar-refractivity contribution in [3.8, 4) is 0 Å². The van der Waals surface area contributed by atoms with Crippen molar-refractivity contribution >= 4 is 29.2 Å². The van der Waals surface area contributed by atoms with Gasteiger partial charge in [0.05, 0.1) is 12.6 Å². The topological polar surface area (TPSA) is 99.3 Å². The van der Waals surface area contributed by atoms with Crippen molar-refractivity contribution < 1.29 is 23.9 Å². The highest BCUT2D eigenvalue weighted by atomic mass is 16.5. The Morgan fingerprint density at radius 1 is 1.08 bits per heavy atom.